The van der Waals surface area contributed by atoms with E-state index in [1.165, 1.54) is 24.3 Å². The third-order valence-corrected chi connectivity index (χ3v) is 5.22. The Bertz CT molecular complexity index is 1000. The molecular weight excluding hydrogens is 405 g/mol. The van der Waals surface area contributed by atoms with Crippen molar-refractivity contribution in [1.82, 2.24) is 4.98 Å². The van der Waals surface area contributed by atoms with Gasteiger partial charge in [0.15, 0.2) is 0 Å². The van der Waals surface area contributed by atoms with Crippen LogP contribution in [0.25, 0.3) is 11.1 Å². The fourth-order valence-corrected chi connectivity index (χ4v) is 3.70. The number of hydrogen-bond acceptors (Lipinski definition) is 5. The van der Waals surface area contributed by atoms with E-state index in [9.17, 15) is 22.8 Å². The highest BCUT2D eigenvalue weighted by molar-refractivity contribution is 5.94. The molecule has 3 N–H and O–H groups in total. The van der Waals surface area contributed by atoms with Gasteiger partial charge in [0.2, 0.25) is 0 Å². The van der Waals surface area contributed by atoms with E-state index in [0.29, 0.717) is 12.4 Å². The first kappa shape index (κ1) is 20.4. The van der Waals surface area contributed by atoms with Gasteiger partial charge in [-0.25, -0.2) is 0 Å². The molecule has 0 aliphatic carbocycles. The molecule has 2 aromatic rings. The lowest BCUT2D eigenvalue weighted by Crippen LogP contribution is -2.40. The molecule has 3 unspecified atom stereocenters. The minimum absolute atomic E-state index is 0.00858. The summed E-state index contributed by atoms with van der Waals surface area (Å²) in [6.07, 6.45) is -3.01. The summed E-state index contributed by atoms with van der Waals surface area (Å²) in [6, 6.07) is 6.68. The van der Waals surface area contributed by atoms with E-state index in [2.05, 4.69) is 0 Å². The van der Waals surface area contributed by atoms with Crippen LogP contribution in [0.4, 0.5) is 13.2 Å². The number of halogens is 3. The van der Waals surface area contributed by atoms with Crippen LogP contribution in [-0.4, -0.2) is 42.4 Å². The van der Waals surface area contributed by atoms with Gasteiger partial charge in [0.1, 0.15) is 29.7 Å². The van der Waals surface area contributed by atoms with Gasteiger partial charge in [-0.2, -0.15) is 13.2 Å². The topological polar surface area (TPSA) is 104 Å². The molecule has 2 saturated heterocycles. The maximum Gasteiger partial charge on any atom is 0.431 e. The highest BCUT2D eigenvalue weighted by Crippen LogP contribution is 2.36. The van der Waals surface area contributed by atoms with Gasteiger partial charge in [-0.3, -0.25) is 9.59 Å². The molecule has 2 bridgehead atoms. The molecule has 2 aliphatic rings. The number of primary amides is 1. The van der Waals surface area contributed by atoms with Crippen LogP contribution in [-0.2, 0) is 15.7 Å². The second-order valence-corrected chi connectivity index (χ2v) is 7.24. The predicted octanol–water partition coefficient (Wildman–Crippen LogP) is 2.48. The number of aromatic nitrogens is 1. The summed E-state index contributed by atoms with van der Waals surface area (Å²) in [6.45, 7) is 0.785. The number of nitrogens with two attached hydrogens (primary N) is 1. The SMILES string of the molecule is NC(=O)c1cc(-c2ccc(OCC3OCC4CCC3O4)cc2)c(C(F)(F)F)[nH]c1=O. The molecule has 30 heavy (non-hydrogen) atoms. The first-order valence-electron chi connectivity index (χ1n) is 9.37. The molecule has 7 nitrogen and oxygen atoms in total. The number of amides is 1. The van der Waals surface area contributed by atoms with Crippen LogP contribution >= 0.6 is 0 Å². The minimum atomic E-state index is -4.82. The Balaban J connectivity index is 1.55. The number of benzene rings is 1. The van der Waals surface area contributed by atoms with Crippen LogP contribution in [0.3, 0.4) is 0 Å². The molecule has 10 heteroatoms. The molecule has 0 radical (unpaired) electrons. The fourth-order valence-electron chi connectivity index (χ4n) is 3.70. The second-order valence-electron chi connectivity index (χ2n) is 7.24. The highest BCUT2D eigenvalue weighted by atomic mass is 19.4. The van der Waals surface area contributed by atoms with Crippen molar-refractivity contribution >= 4 is 5.91 Å². The molecule has 2 aliphatic heterocycles. The first-order chi connectivity index (χ1) is 14.2. The van der Waals surface area contributed by atoms with Gasteiger partial charge in [-0.15, -0.1) is 0 Å². The summed E-state index contributed by atoms with van der Waals surface area (Å²) in [7, 11) is 0. The van der Waals surface area contributed by atoms with Gasteiger partial charge in [0.05, 0.1) is 18.8 Å². The fraction of sp³-hybridized carbons (Fsp3) is 0.400. The van der Waals surface area contributed by atoms with E-state index in [1.54, 1.807) is 4.98 Å². The van der Waals surface area contributed by atoms with E-state index >= 15 is 0 Å². The van der Waals surface area contributed by atoms with Gasteiger partial charge in [0.25, 0.3) is 11.5 Å². The van der Waals surface area contributed by atoms with Crippen molar-refractivity contribution < 1.29 is 32.2 Å². The average molecular weight is 424 g/mol. The number of H-pyrrole nitrogens is 1. The number of nitrogens with one attached hydrogen (secondary N) is 1. The molecule has 3 atom stereocenters. The van der Waals surface area contributed by atoms with E-state index in [0.717, 1.165) is 18.9 Å². The molecule has 3 heterocycles. The third-order valence-electron chi connectivity index (χ3n) is 5.22. The Hall–Kier alpha value is -2.85. The van der Waals surface area contributed by atoms with Gasteiger partial charge < -0.3 is 24.9 Å². The Morgan fingerprint density at radius 2 is 1.97 bits per heavy atom. The second kappa shape index (κ2) is 7.77. The Morgan fingerprint density at radius 1 is 1.23 bits per heavy atom. The van der Waals surface area contributed by atoms with Crippen molar-refractivity contribution in [1.29, 1.82) is 0 Å². The zero-order valence-corrected chi connectivity index (χ0v) is 15.7. The van der Waals surface area contributed by atoms with Crippen molar-refractivity contribution in [3.63, 3.8) is 0 Å². The molecule has 1 aromatic heterocycles. The van der Waals surface area contributed by atoms with Crippen molar-refractivity contribution in [2.75, 3.05) is 13.2 Å². The van der Waals surface area contributed by atoms with Crippen LogP contribution in [0, 0.1) is 0 Å². The zero-order valence-electron chi connectivity index (χ0n) is 15.7. The van der Waals surface area contributed by atoms with Crippen LogP contribution in [0.5, 0.6) is 5.75 Å². The van der Waals surface area contributed by atoms with Crippen LogP contribution in [0.15, 0.2) is 35.1 Å². The normalized spacial score (nSPS) is 23.4. The minimum Gasteiger partial charge on any atom is -0.491 e. The van der Waals surface area contributed by atoms with E-state index in [-0.39, 0.29) is 36.0 Å². The van der Waals surface area contributed by atoms with Crippen molar-refractivity contribution in [3.05, 3.63) is 51.9 Å². The number of alkyl halides is 3. The smallest absolute Gasteiger partial charge is 0.431 e. The first-order valence-corrected chi connectivity index (χ1v) is 9.37. The summed E-state index contributed by atoms with van der Waals surface area (Å²) in [5, 5.41) is 0. The van der Waals surface area contributed by atoms with Crippen molar-refractivity contribution in [3.8, 4) is 16.9 Å². The molecule has 4 rings (SSSR count). The maximum absolute atomic E-state index is 13.4. The summed E-state index contributed by atoms with van der Waals surface area (Å²) >= 11 is 0. The van der Waals surface area contributed by atoms with Crippen LogP contribution in [0.1, 0.15) is 28.9 Å². The van der Waals surface area contributed by atoms with Crippen molar-refractivity contribution in [2.24, 2.45) is 5.73 Å². The largest absolute Gasteiger partial charge is 0.491 e. The number of carbonyl (C=O) groups is 1. The number of pyridine rings is 1. The molecule has 1 amide bonds. The lowest BCUT2D eigenvalue weighted by atomic mass is 10.0. The quantitative estimate of drug-likeness (QED) is 0.768. The summed E-state index contributed by atoms with van der Waals surface area (Å²) in [4.78, 5) is 24.9. The number of aromatic amines is 1. The van der Waals surface area contributed by atoms with E-state index < -0.39 is 28.9 Å². The van der Waals surface area contributed by atoms with Gasteiger partial charge >= 0.3 is 6.18 Å². The lowest BCUT2D eigenvalue weighted by molar-refractivity contribution is -0.155. The molecule has 2 fully saturated rings. The Labute approximate surface area is 168 Å². The zero-order chi connectivity index (χ0) is 21.5. The monoisotopic (exact) mass is 424 g/mol. The standard InChI is InChI=1S/C20H19F3N2O5/c21-20(22,23)17-13(7-14(18(24)26)19(27)25-17)10-1-3-11(4-2-10)28-9-16-15-6-5-12(30-15)8-29-16/h1-4,7,12,15-16H,5-6,8-9H2,(H2,24,26)(H,25,27). The van der Waals surface area contributed by atoms with E-state index in [1.807, 2.05) is 0 Å². The maximum atomic E-state index is 13.4. The number of rotatable bonds is 5. The third kappa shape index (κ3) is 4.05. The number of carbonyl (C=O) groups excluding carboxylic acids is 1. The van der Waals surface area contributed by atoms with Crippen LogP contribution < -0.4 is 16.0 Å². The van der Waals surface area contributed by atoms with Crippen LogP contribution in [0.2, 0.25) is 0 Å². The van der Waals surface area contributed by atoms with Crippen molar-refractivity contribution in [2.45, 2.75) is 37.3 Å². The average Bonchev–Trinajstić information content (AvgIpc) is 3.08. The molecule has 160 valence electrons. The summed E-state index contributed by atoms with van der Waals surface area (Å²) in [5.74, 6) is -0.675. The summed E-state index contributed by atoms with van der Waals surface area (Å²) < 4.78 is 57.4. The van der Waals surface area contributed by atoms with Gasteiger partial charge in [-0.1, -0.05) is 12.1 Å². The lowest BCUT2D eigenvalue weighted by Gasteiger charge is -2.29. The Kier molecular flexibility index (Phi) is 5.29. The van der Waals surface area contributed by atoms with E-state index in [4.69, 9.17) is 19.9 Å². The van der Waals surface area contributed by atoms with Gasteiger partial charge in [0, 0.05) is 5.56 Å². The predicted molar refractivity (Wildman–Crippen MR) is 99.1 cm³/mol. The molecule has 0 saturated carbocycles. The number of ether oxygens (including phenoxy) is 3. The number of fused-ring (bicyclic) bond motifs is 2. The summed E-state index contributed by atoms with van der Waals surface area (Å²) in [5.41, 5.74) is 1.88. The Morgan fingerprint density at radius 3 is 2.63 bits per heavy atom. The molecule has 0 spiro atoms. The van der Waals surface area contributed by atoms with Gasteiger partial charge in [-0.05, 0) is 36.6 Å². The number of hydrogen-bond donors (Lipinski definition) is 2. The molecular formula is C20H19F3N2O5. The highest BCUT2D eigenvalue weighted by Gasteiger charge is 2.38. The molecule has 1 aromatic carbocycles.